The number of aromatic amines is 2. The SMILES string of the molecule is O=C(COc1cccc2c1CN(C1CCC(=O)NC1=O)C2=O)NCCOCCOCc1ccc(-c2[nH]n(-c3nc4ccc(Cl)cc4[nH]3)c(=O)c2CCc2ccc(F)cc2)cc1. The van der Waals surface area contributed by atoms with E-state index in [4.69, 9.17) is 25.8 Å². The molecule has 8 rings (SSSR count). The van der Waals surface area contributed by atoms with Crippen LogP contribution in [0.2, 0.25) is 5.02 Å². The molecule has 0 saturated carbocycles. The number of carbonyl (C=O) groups excluding carboxylic acids is 4. The first-order valence-corrected chi connectivity index (χ1v) is 20.1. The molecular formula is C44H41ClFN7O8. The van der Waals surface area contributed by atoms with Crippen LogP contribution in [0, 0.1) is 5.82 Å². The summed E-state index contributed by atoms with van der Waals surface area (Å²) in [4.78, 5) is 72.5. The van der Waals surface area contributed by atoms with Crippen LogP contribution in [-0.4, -0.2) is 87.3 Å². The molecule has 2 aliphatic rings. The predicted octanol–water partition coefficient (Wildman–Crippen LogP) is 4.78. The fraction of sp³-hybridized carbons (Fsp3) is 0.273. The van der Waals surface area contributed by atoms with Gasteiger partial charge in [-0.3, -0.25) is 34.4 Å². The van der Waals surface area contributed by atoms with Crippen LogP contribution in [0.15, 0.2) is 89.7 Å². The molecule has 1 unspecified atom stereocenters. The Labute approximate surface area is 353 Å². The minimum Gasteiger partial charge on any atom is -0.483 e. The number of nitrogens with one attached hydrogen (secondary N) is 4. The molecule has 0 radical (unpaired) electrons. The first-order chi connectivity index (χ1) is 29.6. The van der Waals surface area contributed by atoms with Crippen LogP contribution >= 0.6 is 11.6 Å². The number of H-pyrrole nitrogens is 2. The molecule has 4 N–H and O–H groups in total. The smallest absolute Gasteiger partial charge is 0.277 e. The van der Waals surface area contributed by atoms with E-state index in [0.717, 1.165) is 16.7 Å². The van der Waals surface area contributed by atoms with E-state index in [9.17, 15) is 28.4 Å². The maximum atomic E-state index is 13.8. The maximum Gasteiger partial charge on any atom is 0.277 e. The summed E-state index contributed by atoms with van der Waals surface area (Å²) in [7, 11) is 0. The van der Waals surface area contributed by atoms with Crippen molar-refractivity contribution in [1.82, 2.24) is 35.3 Å². The van der Waals surface area contributed by atoms with E-state index in [-0.39, 0.29) is 68.2 Å². The number of piperidine rings is 1. The van der Waals surface area contributed by atoms with Crippen molar-refractivity contribution in [1.29, 1.82) is 0 Å². The summed E-state index contributed by atoms with van der Waals surface area (Å²) in [5, 5.41) is 8.82. The van der Waals surface area contributed by atoms with E-state index >= 15 is 0 Å². The molecule has 1 fully saturated rings. The molecule has 15 nitrogen and oxygen atoms in total. The van der Waals surface area contributed by atoms with E-state index in [2.05, 4.69) is 25.7 Å². The van der Waals surface area contributed by atoms with Gasteiger partial charge in [0.05, 0.1) is 49.7 Å². The number of amides is 4. The molecule has 17 heteroatoms. The van der Waals surface area contributed by atoms with Crippen molar-refractivity contribution >= 4 is 46.3 Å². The molecule has 0 aliphatic carbocycles. The minimum atomic E-state index is -0.747. The van der Waals surface area contributed by atoms with E-state index in [1.807, 2.05) is 24.3 Å². The van der Waals surface area contributed by atoms with E-state index in [1.54, 1.807) is 48.5 Å². The minimum absolute atomic E-state index is 0.139. The van der Waals surface area contributed by atoms with Crippen LogP contribution in [0.4, 0.5) is 4.39 Å². The molecular weight excluding hydrogens is 809 g/mol. The number of hydrogen-bond acceptors (Lipinski definition) is 9. The summed E-state index contributed by atoms with van der Waals surface area (Å²) in [6.07, 6.45) is 1.34. The molecule has 2 aromatic heterocycles. The molecule has 0 spiro atoms. The van der Waals surface area contributed by atoms with E-state index in [1.165, 1.54) is 21.7 Å². The Morgan fingerprint density at radius 2 is 1.70 bits per heavy atom. The molecule has 0 bridgehead atoms. The number of imide groups is 1. The fourth-order valence-corrected chi connectivity index (χ4v) is 7.59. The largest absolute Gasteiger partial charge is 0.483 e. The second-order valence-electron chi connectivity index (χ2n) is 14.6. The van der Waals surface area contributed by atoms with Crippen LogP contribution in [0.3, 0.4) is 0 Å². The average molecular weight is 850 g/mol. The van der Waals surface area contributed by atoms with Crippen molar-refractivity contribution in [2.24, 2.45) is 0 Å². The van der Waals surface area contributed by atoms with Crippen molar-refractivity contribution < 1.29 is 37.8 Å². The second kappa shape index (κ2) is 18.3. The van der Waals surface area contributed by atoms with Gasteiger partial charge >= 0.3 is 0 Å². The summed E-state index contributed by atoms with van der Waals surface area (Å²) in [5.74, 6) is -1.16. The van der Waals surface area contributed by atoms with Crippen molar-refractivity contribution in [3.8, 4) is 23.0 Å². The van der Waals surface area contributed by atoms with Crippen LogP contribution in [0.5, 0.6) is 5.75 Å². The maximum absolute atomic E-state index is 13.8. The highest BCUT2D eigenvalue weighted by Crippen LogP contribution is 2.33. The topological polar surface area (TPSA) is 190 Å². The first kappa shape index (κ1) is 41.1. The lowest BCUT2D eigenvalue weighted by atomic mass is 10.0. The summed E-state index contributed by atoms with van der Waals surface area (Å²) in [6, 6.07) is 23.4. The summed E-state index contributed by atoms with van der Waals surface area (Å²) in [5.41, 5.74) is 5.90. The first-order valence-electron chi connectivity index (χ1n) is 19.8. The summed E-state index contributed by atoms with van der Waals surface area (Å²) >= 11 is 6.17. The number of halogens is 2. The monoisotopic (exact) mass is 849 g/mol. The van der Waals surface area contributed by atoms with Gasteiger partial charge in [0, 0.05) is 34.7 Å². The highest BCUT2D eigenvalue weighted by atomic mass is 35.5. The number of aryl methyl sites for hydroxylation is 1. The highest BCUT2D eigenvalue weighted by Gasteiger charge is 2.40. The van der Waals surface area contributed by atoms with Crippen LogP contribution < -0.4 is 20.9 Å². The molecule has 1 saturated heterocycles. The summed E-state index contributed by atoms with van der Waals surface area (Å²) < 4.78 is 32.1. The number of fused-ring (bicyclic) bond motifs is 2. The van der Waals surface area contributed by atoms with Gasteiger partial charge in [-0.15, -0.1) is 0 Å². The van der Waals surface area contributed by atoms with Gasteiger partial charge in [-0.2, -0.15) is 4.68 Å². The van der Waals surface area contributed by atoms with E-state index < -0.39 is 11.9 Å². The molecule has 4 amide bonds. The number of benzene rings is 4. The molecule has 6 aromatic rings. The summed E-state index contributed by atoms with van der Waals surface area (Å²) in [6.45, 7) is 1.31. The van der Waals surface area contributed by atoms with Crippen LogP contribution in [-0.2, 0) is 49.9 Å². The van der Waals surface area contributed by atoms with E-state index in [0.29, 0.717) is 82.8 Å². The van der Waals surface area contributed by atoms with Gasteiger partial charge in [0.1, 0.15) is 17.6 Å². The molecule has 61 heavy (non-hydrogen) atoms. The van der Waals surface area contributed by atoms with Crippen molar-refractivity contribution in [2.45, 2.75) is 44.9 Å². The number of aromatic nitrogens is 4. The van der Waals surface area contributed by atoms with Crippen LogP contribution in [0.1, 0.15) is 45.5 Å². The Kier molecular flexibility index (Phi) is 12.4. The quantitative estimate of drug-likeness (QED) is 0.0740. The lowest BCUT2D eigenvalue weighted by molar-refractivity contribution is -0.137. The number of rotatable bonds is 17. The van der Waals surface area contributed by atoms with Gasteiger partial charge in [0.25, 0.3) is 17.4 Å². The fourth-order valence-electron chi connectivity index (χ4n) is 7.41. The molecule has 1 atom stereocenters. The number of ether oxygens (including phenoxy) is 3. The van der Waals surface area contributed by atoms with Crippen molar-refractivity contribution in [3.63, 3.8) is 0 Å². The number of nitrogens with zero attached hydrogens (tertiary/aromatic N) is 3. The Bertz CT molecular complexity index is 2660. The third-order valence-electron chi connectivity index (χ3n) is 10.6. The standard InChI is InChI=1S/C44H41ClFN7O8/c45-29-11-15-34-35(22-29)49-44(48-34)53-43(58)32(14-8-26-6-12-30(46)13-7-26)40(51-53)28-9-4-27(5-10-28)24-60-21-20-59-19-18-47-39(55)25-61-37-3-1-2-31-33(37)23-52(42(31)57)36-16-17-38(54)50-41(36)56/h1-7,9-13,15,22,36,51H,8,14,16-21,23-25H2,(H,47,55)(H,48,49)(H,50,54,56). The number of hydrogen-bond donors (Lipinski definition) is 4. The molecule has 4 aromatic carbocycles. The second-order valence-corrected chi connectivity index (χ2v) is 15.1. The Balaban J connectivity index is 0.786. The molecule has 314 valence electrons. The number of imidazole rings is 1. The predicted molar refractivity (Wildman–Crippen MR) is 222 cm³/mol. The molecule has 2 aliphatic heterocycles. The van der Waals surface area contributed by atoms with Gasteiger partial charge < -0.3 is 29.4 Å². The Morgan fingerprint density at radius 1 is 0.918 bits per heavy atom. The Hall–Kier alpha value is -6.62. The Morgan fingerprint density at radius 3 is 2.51 bits per heavy atom. The van der Waals surface area contributed by atoms with Gasteiger partial charge in [-0.1, -0.05) is 54.1 Å². The lowest BCUT2D eigenvalue weighted by Crippen LogP contribution is -2.52. The van der Waals surface area contributed by atoms with Crippen molar-refractivity contribution in [3.05, 3.63) is 134 Å². The third kappa shape index (κ3) is 9.41. The highest BCUT2D eigenvalue weighted by molar-refractivity contribution is 6.31. The number of carbonyl (C=O) groups is 4. The van der Waals surface area contributed by atoms with Crippen molar-refractivity contribution in [2.75, 3.05) is 33.0 Å². The average Bonchev–Trinajstić information content (AvgIpc) is 3.93. The van der Waals surface area contributed by atoms with Gasteiger partial charge in [0.2, 0.25) is 17.8 Å². The molecule has 4 heterocycles. The normalized spacial score (nSPS) is 15.0. The van der Waals surface area contributed by atoms with Crippen LogP contribution in [0.25, 0.3) is 28.2 Å². The zero-order valence-electron chi connectivity index (χ0n) is 32.8. The third-order valence-corrected chi connectivity index (χ3v) is 10.8. The zero-order valence-corrected chi connectivity index (χ0v) is 33.6. The zero-order chi connectivity index (χ0) is 42.5. The van der Waals surface area contributed by atoms with Gasteiger partial charge in [0.15, 0.2) is 6.61 Å². The van der Waals surface area contributed by atoms with Gasteiger partial charge in [-0.25, -0.2) is 9.37 Å². The lowest BCUT2D eigenvalue weighted by Gasteiger charge is -2.29. The van der Waals surface area contributed by atoms with Gasteiger partial charge in [-0.05, 0) is 78.4 Å².